The van der Waals surface area contributed by atoms with E-state index in [1.807, 2.05) is 6.08 Å². The van der Waals surface area contributed by atoms with Gasteiger partial charge in [0.05, 0.1) is 7.11 Å². The molecule has 1 aliphatic heterocycles. The van der Waals surface area contributed by atoms with Gasteiger partial charge in [0, 0.05) is 19.3 Å². The van der Waals surface area contributed by atoms with Crippen molar-refractivity contribution in [2.24, 2.45) is 0 Å². The normalized spacial score (nSPS) is 19.7. The van der Waals surface area contributed by atoms with Crippen LogP contribution in [0.4, 0.5) is 0 Å². The van der Waals surface area contributed by atoms with Crippen LogP contribution in [0.5, 0.6) is 0 Å². The quantitative estimate of drug-likeness (QED) is 0.230. The standard InChI is InChI=1S/C14H23NO3/c1-3-4-5-6-8-12-9-7-10-13(15(12)17)11-14(16)18-2/h3,13H,1,4-11H2,2H3. The van der Waals surface area contributed by atoms with Crippen LogP contribution in [0.3, 0.4) is 0 Å². The summed E-state index contributed by atoms with van der Waals surface area (Å²) in [4.78, 5) is 11.2. The second-order valence-electron chi connectivity index (χ2n) is 4.75. The molecule has 1 aliphatic rings. The van der Waals surface area contributed by atoms with Gasteiger partial charge in [-0.05, 0) is 25.7 Å². The van der Waals surface area contributed by atoms with Crippen LogP contribution in [0.15, 0.2) is 12.7 Å². The Morgan fingerprint density at radius 1 is 1.61 bits per heavy atom. The van der Waals surface area contributed by atoms with Crippen molar-refractivity contribution in [2.45, 2.75) is 57.4 Å². The van der Waals surface area contributed by atoms with E-state index in [2.05, 4.69) is 11.3 Å². The molecule has 0 radical (unpaired) electrons. The molecule has 0 aromatic rings. The first kappa shape index (κ1) is 14.7. The highest BCUT2D eigenvalue weighted by molar-refractivity contribution is 5.80. The van der Waals surface area contributed by atoms with Crippen molar-refractivity contribution in [3.8, 4) is 0 Å². The predicted molar refractivity (Wildman–Crippen MR) is 71.6 cm³/mol. The largest absolute Gasteiger partial charge is 0.624 e. The van der Waals surface area contributed by atoms with E-state index < -0.39 is 0 Å². The van der Waals surface area contributed by atoms with E-state index in [0.29, 0.717) is 0 Å². The highest BCUT2D eigenvalue weighted by Crippen LogP contribution is 2.19. The molecule has 0 saturated heterocycles. The molecule has 0 spiro atoms. The maximum Gasteiger partial charge on any atom is 0.312 e. The van der Waals surface area contributed by atoms with Gasteiger partial charge in [0.1, 0.15) is 6.42 Å². The number of carbonyl (C=O) groups is 1. The summed E-state index contributed by atoms with van der Waals surface area (Å²) in [6.07, 6.45) is 8.69. The van der Waals surface area contributed by atoms with E-state index in [1.54, 1.807) is 0 Å². The zero-order valence-electron chi connectivity index (χ0n) is 11.2. The van der Waals surface area contributed by atoms with Gasteiger partial charge >= 0.3 is 5.97 Å². The van der Waals surface area contributed by atoms with Crippen molar-refractivity contribution in [1.29, 1.82) is 0 Å². The van der Waals surface area contributed by atoms with Crippen LogP contribution >= 0.6 is 0 Å². The van der Waals surface area contributed by atoms with Gasteiger partial charge in [-0.25, -0.2) is 4.74 Å². The lowest BCUT2D eigenvalue weighted by atomic mass is 9.97. The molecular weight excluding hydrogens is 230 g/mol. The zero-order chi connectivity index (χ0) is 13.4. The van der Waals surface area contributed by atoms with E-state index in [-0.39, 0.29) is 18.4 Å². The molecule has 0 aromatic heterocycles. The Morgan fingerprint density at radius 3 is 3.06 bits per heavy atom. The fourth-order valence-electron chi connectivity index (χ4n) is 2.34. The number of methoxy groups -OCH3 is 1. The van der Waals surface area contributed by atoms with Crippen LogP contribution < -0.4 is 0 Å². The fraction of sp³-hybridized carbons (Fsp3) is 0.714. The Labute approximate surface area is 109 Å². The van der Waals surface area contributed by atoms with Gasteiger partial charge in [-0.15, -0.1) is 6.58 Å². The summed E-state index contributed by atoms with van der Waals surface area (Å²) in [6, 6.07) is -0.222. The van der Waals surface area contributed by atoms with E-state index in [0.717, 1.165) is 55.4 Å². The van der Waals surface area contributed by atoms with Crippen molar-refractivity contribution in [3.63, 3.8) is 0 Å². The first-order chi connectivity index (χ1) is 8.69. The molecule has 0 N–H and O–H groups in total. The predicted octanol–water partition coefficient (Wildman–Crippen LogP) is 2.80. The second-order valence-corrected chi connectivity index (χ2v) is 4.75. The van der Waals surface area contributed by atoms with Crippen molar-refractivity contribution in [3.05, 3.63) is 17.9 Å². The number of hydroxylamine groups is 1. The smallest absolute Gasteiger partial charge is 0.312 e. The summed E-state index contributed by atoms with van der Waals surface area (Å²) in [5.74, 6) is -0.297. The molecule has 1 rings (SSSR count). The van der Waals surface area contributed by atoms with Crippen LogP contribution in [-0.2, 0) is 9.53 Å². The topological polar surface area (TPSA) is 52.4 Å². The summed E-state index contributed by atoms with van der Waals surface area (Å²) in [6.45, 7) is 3.68. The Kier molecular flexibility index (Phi) is 6.47. The second kappa shape index (κ2) is 7.90. The summed E-state index contributed by atoms with van der Waals surface area (Å²) >= 11 is 0. The first-order valence-electron chi connectivity index (χ1n) is 6.67. The van der Waals surface area contributed by atoms with Crippen molar-refractivity contribution in [1.82, 2.24) is 0 Å². The maximum atomic E-state index is 12.1. The van der Waals surface area contributed by atoms with Gasteiger partial charge in [0.25, 0.3) is 0 Å². The third-order valence-electron chi connectivity index (χ3n) is 3.40. The molecule has 1 unspecified atom stereocenters. The van der Waals surface area contributed by atoms with Gasteiger partial charge < -0.3 is 9.94 Å². The molecule has 102 valence electrons. The summed E-state index contributed by atoms with van der Waals surface area (Å²) in [5, 5.41) is 12.1. The summed E-state index contributed by atoms with van der Waals surface area (Å²) < 4.78 is 5.69. The number of nitrogens with zero attached hydrogens (tertiary/aromatic N) is 1. The fourth-order valence-corrected chi connectivity index (χ4v) is 2.34. The zero-order valence-corrected chi connectivity index (χ0v) is 11.2. The van der Waals surface area contributed by atoms with Gasteiger partial charge in [-0.3, -0.25) is 4.79 Å². The number of unbranched alkanes of at least 4 members (excludes halogenated alkanes) is 2. The van der Waals surface area contributed by atoms with Crippen molar-refractivity contribution < 1.29 is 14.3 Å². The van der Waals surface area contributed by atoms with Crippen LogP contribution in [-0.4, -0.2) is 29.6 Å². The third kappa shape index (κ3) is 4.51. The number of ether oxygens (including phenoxy) is 1. The average molecular weight is 253 g/mol. The van der Waals surface area contributed by atoms with Gasteiger partial charge in [-0.1, -0.05) is 6.08 Å². The lowest BCUT2D eigenvalue weighted by Crippen LogP contribution is -2.34. The highest BCUT2D eigenvalue weighted by atomic mass is 16.5. The Hall–Kier alpha value is -1.32. The Balaban J connectivity index is 2.50. The van der Waals surface area contributed by atoms with Gasteiger partial charge in [0.2, 0.25) is 0 Å². The molecule has 0 bridgehead atoms. The van der Waals surface area contributed by atoms with E-state index in [9.17, 15) is 10.0 Å². The molecule has 0 aromatic carbocycles. The van der Waals surface area contributed by atoms with Crippen LogP contribution in [0.1, 0.15) is 51.4 Å². The monoisotopic (exact) mass is 253 g/mol. The molecule has 18 heavy (non-hydrogen) atoms. The molecule has 1 heterocycles. The summed E-state index contributed by atoms with van der Waals surface area (Å²) in [5.41, 5.74) is 0.944. The maximum absolute atomic E-state index is 12.1. The number of esters is 1. The van der Waals surface area contributed by atoms with E-state index >= 15 is 0 Å². The lowest BCUT2D eigenvalue weighted by molar-refractivity contribution is -0.508. The van der Waals surface area contributed by atoms with Gasteiger partial charge in [0.15, 0.2) is 11.8 Å². The minimum Gasteiger partial charge on any atom is -0.624 e. The molecule has 0 aliphatic carbocycles. The molecular formula is C14H23NO3. The molecule has 0 fully saturated rings. The number of carbonyl (C=O) groups excluding carboxylic acids is 1. The highest BCUT2D eigenvalue weighted by Gasteiger charge is 2.28. The molecule has 4 heteroatoms. The van der Waals surface area contributed by atoms with Crippen LogP contribution in [0.25, 0.3) is 0 Å². The lowest BCUT2D eigenvalue weighted by Gasteiger charge is -2.23. The minimum atomic E-state index is -0.297. The first-order valence-corrected chi connectivity index (χ1v) is 6.67. The van der Waals surface area contributed by atoms with Crippen LogP contribution in [0, 0.1) is 5.21 Å². The van der Waals surface area contributed by atoms with E-state index in [1.165, 1.54) is 7.11 Å². The van der Waals surface area contributed by atoms with E-state index in [4.69, 9.17) is 0 Å². The average Bonchev–Trinajstić information content (AvgIpc) is 2.38. The number of allylic oxidation sites excluding steroid dienone is 1. The van der Waals surface area contributed by atoms with Gasteiger partial charge in [-0.2, -0.15) is 0 Å². The number of hydrogen-bond acceptors (Lipinski definition) is 3. The molecule has 4 nitrogen and oxygen atoms in total. The SMILES string of the molecule is C=CCCCCC1=[N+]([O-])C(CC(=O)OC)CCC1. The molecule has 1 atom stereocenters. The molecule has 0 amide bonds. The minimum absolute atomic E-state index is 0.205. The number of hydrogen-bond donors (Lipinski definition) is 0. The van der Waals surface area contributed by atoms with Crippen molar-refractivity contribution >= 4 is 11.7 Å². The summed E-state index contributed by atoms with van der Waals surface area (Å²) in [7, 11) is 1.36. The van der Waals surface area contributed by atoms with Crippen molar-refractivity contribution in [2.75, 3.05) is 7.11 Å². The van der Waals surface area contributed by atoms with Crippen LogP contribution in [0.2, 0.25) is 0 Å². The number of rotatable bonds is 7. The molecule has 0 saturated carbocycles. The Morgan fingerprint density at radius 2 is 2.39 bits per heavy atom. The third-order valence-corrected chi connectivity index (χ3v) is 3.40. The Bertz CT molecular complexity index is 323.